The summed E-state index contributed by atoms with van der Waals surface area (Å²) in [5, 5.41) is 0.122. The minimum absolute atomic E-state index is 0.122. The van der Waals surface area contributed by atoms with Gasteiger partial charge in [0.25, 0.3) is 5.56 Å². The lowest BCUT2D eigenvalue weighted by molar-refractivity contribution is 0.383. The second-order valence-corrected chi connectivity index (χ2v) is 4.41. The topological polar surface area (TPSA) is 54.9 Å². The molecule has 1 atom stereocenters. The molecule has 0 saturated carbocycles. The fourth-order valence-corrected chi connectivity index (χ4v) is 1.44. The Labute approximate surface area is 92.9 Å². The number of aromatic amines is 1. The SMILES string of the molecule is Cc1c(Cl)[nH]c(=O)n(C(C)C(C)C)c1=O. The van der Waals surface area contributed by atoms with Gasteiger partial charge >= 0.3 is 5.69 Å². The van der Waals surface area contributed by atoms with Crippen LogP contribution in [0.2, 0.25) is 5.15 Å². The minimum Gasteiger partial charge on any atom is -0.297 e. The van der Waals surface area contributed by atoms with Gasteiger partial charge in [0.05, 0.1) is 0 Å². The summed E-state index contributed by atoms with van der Waals surface area (Å²) in [4.78, 5) is 25.9. The Morgan fingerprint density at radius 2 is 1.80 bits per heavy atom. The molecule has 15 heavy (non-hydrogen) atoms. The van der Waals surface area contributed by atoms with Crippen LogP contribution >= 0.6 is 11.6 Å². The molecule has 0 aromatic carbocycles. The lowest BCUT2D eigenvalue weighted by atomic mass is 10.1. The zero-order valence-corrected chi connectivity index (χ0v) is 10.1. The molecule has 5 heteroatoms. The lowest BCUT2D eigenvalue weighted by Gasteiger charge is -2.18. The van der Waals surface area contributed by atoms with E-state index in [1.165, 1.54) is 4.57 Å². The van der Waals surface area contributed by atoms with Crippen LogP contribution in [-0.2, 0) is 0 Å². The summed E-state index contributed by atoms with van der Waals surface area (Å²) in [6.45, 7) is 7.36. The molecule has 0 saturated heterocycles. The maximum absolute atomic E-state index is 11.8. The van der Waals surface area contributed by atoms with Gasteiger partial charge in [-0.25, -0.2) is 4.79 Å². The summed E-state index contributed by atoms with van der Waals surface area (Å²) in [5.41, 5.74) is -0.384. The highest BCUT2D eigenvalue weighted by Gasteiger charge is 2.16. The Hall–Kier alpha value is -1.03. The molecule has 1 N–H and O–H groups in total. The molecule has 1 aromatic rings. The van der Waals surface area contributed by atoms with Crippen molar-refractivity contribution in [2.24, 2.45) is 5.92 Å². The standard InChI is InChI=1S/C10H15ClN2O2/c1-5(2)7(4)13-9(14)6(3)8(11)12-10(13)15/h5,7H,1-4H3,(H,12,15). The Morgan fingerprint density at radius 3 is 2.27 bits per heavy atom. The van der Waals surface area contributed by atoms with Gasteiger partial charge in [0.1, 0.15) is 5.15 Å². The van der Waals surface area contributed by atoms with E-state index < -0.39 is 5.69 Å². The third-order valence-corrected chi connectivity index (χ3v) is 3.05. The first-order valence-corrected chi connectivity index (χ1v) is 5.25. The average Bonchev–Trinajstić information content (AvgIpc) is 2.14. The molecule has 0 radical (unpaired) electrons. The molecular weight excluding hydrogens is 216 g/mol. The molecular formula is C10H15ClN2O2. The van der Waals surface area contributed by atoms with Crippen LogP contribution in [0.25, 0.3) is 0 Å². The van der Waals surface area contributed by atoms with Crippen molar-refractivity contribution in [2.45, 2.75) is 33.7 Å². The van der Waals surface area contributed by atoms with Crippen molar-refractivity contribution in [1.82, 2.24) is 9.55 Å². The van der Waals surface area contributed by atoms with Crippen molar-refractivity contribution < 1.29 is 0 Å². The summed E-state index contributed by atoms with van der Waals surface area (Å²) in [5.74, 6) is 0.212. The number of aromatic nitrogens is 2. The summed E-state index contributed by atoms with van der Waals surface area (Å²) in [6, 6.07) is -0.141. The molecule has 0 aliphatic heterocycles. The van der Waals surface area contributed by atoms with Gasteiger partial charge in [-0.05, 0) is 19.8 Å². The van der Waals surface area contributed by atoms with Crippen LogP contribution in [0, 0.1) is 12.8 Å². The van der Waals surface area contributed by atoms with Crippen molar-refractivity contribution in [2.75, 3.05) is 0 Å². The van der Waals surface area contributed by atoms with Gasteiger partial charge in [-0.2, -0.15) is 0 Å². The van der Waals surface area contributed by atoms with E-state index in [-0.39, 0.29) is 22.7 Å². The van der Waals surface area contributed by atoms with Gasteiger partial charge in [0.15, 0.2) is 0 Å². The second kappa shape index (κ2) is 4.23. The van der Waals surface area contributed by atoms with Gasteiger partial charge in [-0.1, -0.05) is 25.4 Å². The van der Waals surface area contributed by atoms with E-state index in [1.807, 2.05) is 20.8 Å². The van der Waals surface area contributed by atoms with Gasteiger partial charge in [0.2, 0.25) is 0 Å². The smallest absolute Gasteiger partial charge is 0.297 e. The zero-order chi connectivity index (χ0) is 11.7. The van der Waals surface area contributed by atoms with Crippen LogP contribution in [0.3, 0.4) is 0 Å². The highest BCUT2D eigenvalue weighted by molar-refractivity contribution is 6.30. The molecule has 0 bridgehead atoms. The van der Waals surface area contributed by atoms with Crippen LogP contribution in [0.4, 0.5) is 0 Å². The lowest BCUT2D eigenvalue weighted by Crippen LogP contribution is -2.40. The number of nitrogens with one attached hydrogen (secondary N) is 1. The van der Waals surface area contributed by atoms with Crippen molar-refractivity contribution in [3.05, 3.63) is 31.6 Å². The second-order valence-electron chi connectivity index (χ2n) is 4.03. The highest BCUT2D eigenvalue weighted by Crippen LogP contribution is 2.13. The molecule has 0 aliphatic carbocycles. The van der Waals surface area contributed by atoms with E-state index in [1.54, 1.807) is 6.92 Å². The fraction of sp³-hybridized carbons (Fsp3) is 0.600. The van der Waals surface area contributed by atoms with E-state index in [9.17, 15) is 9.59 Å². The molecule has 0 fully saturated rings. The molecule has 0 spiro atoms. The molecule has 1 rings (SSSR count). The first kappa shape index (κ1) is 12.0. The monoisotopic (exact) mass is 230 g/mol. The molecule has 1 heterocycles. The van der Waals surface area contributed by atoms with Crippen LogP contribution in [0.5, 0.6) is 0 Å². The molecule has 1 unspecified atom stereocenters. The Kier molecular flexibility index (Phi) is 3.39. The normalized spacial score (nSPS) is 13.2. The molecule has 4 nitrogen and oxygen atoms in total. The van der Waals surface area contributed by atoms with E-state index >= 15 is 0 Å². The summed E-state index contributed by atoms with van der Waals surface area (Å²) in [7, 11) is 0. The Bertz CT molecular complexity index is 473. The zero-order valence-electron chi connectivity index (χ0n) is 9.30. The Morgan fingerprint density at radius 1 is 1.27 bits per heavy atom. The van der Waals surface area contributed by atoms with Crippen LogP contribution in [0.15, 0.2) is 9.59 Å². The first-order chi connectivity index (χ1) is 6.86. The minimum atomic E-state index is -0.447. The van der Waals surface area contributed by atoms with Crippen molar-refractivity contribution in [1.29, 1.82) is 0 Å². The van der Waals surface area contributed by atoms with Crippen molar-refractivity contribution >= 4 is 11.6 Å². The third-order valence-electron chi connectivity index (χ3n) is 2.68. The molecule has 0 amide bonds. The maximum Gasteiger partial charge on any atom is 0.329 e. The van der Waals surface area contributed by atoms with Crippen LogP contribution in [0.1, 0.15) is 32.4 Å². The largest absolute Gasteiger partial charge is 0.329 e. The van der Waals surface area contributed by atoms with Gasteiger partial charge < -0.3 is 0 Å². The number of hydrogen-bond donors (Lipinski definition) is 1. The number of halogens is 1. The van der Waals surface area contributed by atoms with Gasteiger partial charge in [0, 0.05) is 11.6 Å². The maximum atomic E-state index is 11.8. The molecule has 0 aliphatic rings. The summed E-state index contributed by atoms with van der Waals surface area (Å²) in [6.07, 6.45) is 0. The number of hydrogen-bond acceptors (Lipinski definition) is 2. The predicted molar refractivity (Wildman–Crippen MR) is 60.6 cm³/mol. The van der Waals surface area contributed by atoms with Crippen LogP contribution < -0.4 is 11.2 Å². The first-order valence-electron chi connectivity index (χ1n) is 4.87. The van der Waals surface area contributed by atoms with Gasteiger partial charge in [-0.3, -0.25) is 14.3 Å². The van der Waals surface area contributed by atoms with E-state index in [0.29, 0.717) is 5.56 Å². The fourth-order valence-electron chi connectivity index (χ4n) is 1.28. The summed E-state index contributed by atoms with van der Waals surface area (Å²) >= 11 is 5.71. The number of rotatable bonds is 2. The van der Waals surface area contributed by atoms with Gasteiger partial charge in [-0.15, -0.1) is 0 Å². The van der Waals surface area contributed by atoms with Crippen molar-refractivity contribution in [3.8, 4) is 0 Å². The quantitative estimate of drug-likeness (QED) is 0.787. The predicted octanol–water partition coefficient (Wildman–Crippen LogP) is 1.72. The number of nitrogens with zero attached hydrogens (tertiary/aromatic N) is 1. The van der Waals surface area contributed by atoms with E-state index in [4.69, 9.17) is 11.6 Å². The van der Waals surface area contributed by atoms with E-state index in [0.717, 1.165) is 0 Å². The molecule has 84 valence electrons. The average molecular weight is 231 g/mol. The van der Waals surface area contributed by atoms with Crippen molar-refractivity contribution in [3.63, 3.8) is 0 Å². The van der Waals surface area contributed by atoms with E-state index in [2.05, 4.69) is 4.98 Å². The van der Waals surface area contributed by atoms with Crippen LogP contribution in [-0.4, -0.2) is 9.55 Å². The molecule has 1 aromatic heterocycles. The third kappa shape index (κ3) is 2.15. The Balaban J connectivity index is 3.50. The highest BCUT2D eigenvalue weighted by atomic mass is 35.5. The number of H-pyrrole nitrogens is 1. The summed E-state index contributed by atoms with van der Waals surface area (Å²) < 4.78 is 1.21.